The molecule has 1 aromatic rings. The van der Waals surface area contributed by atoms with Crippen molar-refractivity contribution in [3.8, 4) is 0 Å². The monoisotopic (exact) mass is 280 g/mol. The molecule has 0 aliphatic rings. The van der Waals surface area contributed by atoms with E-state index in [0.717, 1.165) is 16.4 Å². The van der Waals surface area contributed by atoms with Gasteiger partial charge in [-0.3, -0.25) is 0 Å². The quantitative estimate of drug-likeness (QED) is 0.743. The third-order valence-corrected chi connectivity index (χ3v) is 4.53. The van der Waals surface area contributed by atoms with Gasteiger partial charge < -0.3 is 4.90 Å². The fraction of sp³-hybridized carbons (Fsp3) is 0.727. The number of anilines is 1. The zero-order valence-electron chi connectivity index (χ0n) is 10.1. The average Bonchev–Trinajstić information content (AvgIpc) is 2.57. The molecule has 0 radical (unpaired) electrons. The highest BCUT2D eigenvalue weighted by atomic mass is 35.5. The lowest BCUT2D eigenvalue weighted by Crippen LogP contribution is -2.29. The number of hydrogen-bond donors (Lipinski definition) is 0. The van der Waals surface area contributed by atoms with Crippen LogP contribution in [-0.4, -0.2) is 18.1 Å². The van der Waals surface area contributed by atoms with Crippen molar-refractivity contribution in [1.29, 1.82) is 0 Å². The van der Waals surface area contributed by atoms with E-state index in [1.54, 1.807) is 11.3 Å². The van der Waals surface area contributed by atoms with Crippen molar-refractivity contribution in [1.82, 2.24) is 4.98 Å². The molecule has 0 fully saturated rings. The maximum atomic E-state index is 5.99. The standard InChI is InChI=1S/C11H18Cl2N2S/c1-7(2)5-8(3)15(4)11-14-10(13)9(6-12)16-11/h7-8H,5-6H2,1-4H3. The maximum Gasteiger partial charge on any atom is 0.187 e. The Morgan fingerprint density at radius 3 is 2.44 bits per heavy atom. The Labute approximate surface area is 112 Å². The van der Waals surface area contributed by atoms with Crippen LogP contribution in [0.1, 0.15) is 32.1 Å². The van der Waals surface area contributed by atoms with E-state index < -0.39 is 0 Å². The molecular weight excluding hydrogens is 263 g/mol. The molecule has 1 rings (SSSR count). The average molecular weight is 281 g/mol. The highest BCUT2D eigenvalue weighted by Gasteiger charge is 2.17. The minimum absolute atomic E-state index is 0.433. The van der Waals surface area contributed by atoms with Gasteiger partial charge in [-0.1, -0.05) is 36.8 Å². The lowest BCUT2D eigenvalue weighted by atomic mass is 10.0. The first-order valence-electron chi connectivity index (χ1n) is 5.39. The molecule has 0 amide bonds. The van der Waals surface area contributed by atoms with Gasteiger partial charge in [0, 0.05) is 13.1 Å². The number of alkyl halides is 1. The SMILES string of the molecule is CC(C)CC(C)N(C)c1nc(Cl)c(CCl)s1. The Hall–Kier alpha value is 0.01000. The topological polar surface area (TPSA) is 16.1 Å². The molecule has 5 heteroatoms. The lowest BCUT2D eigenvalue weighted by Gasteiger charge is -2.25. The largest absolute Gasteiger partial charge is 0.348 e. The van der Waals surface area contributed by atoms with Crippen LogP contribution >= 0.6 is 34.5 Å². The first kappa shape index (κ1) is 14.1. The summed E-state index contributed by atoms with van der Waals surface area (Å²) in [5.41, 5.74) is 0. The van der Waals surface area contributed by atoms with E-state index in [1.165, 1.54) is 0 Å². The van der Waals surface area contributed by atoms with Crippen LogP contribution in [0.25, 0.3) is 0 Å². The predicted octanol–water partition coefficient (Wildman–Crippen LogP) is 4.41. The summed E-state index contributed by atoms with van der Waals surface area (Å²) < 4.78 is 0. The number of nitrogens with zero attached hydrogens (tertiary/aromatic N) is 2. The Bertz CT molecular complexity index is 339. The smallest absolute Gasteiger partial charge is 0.187 e. The van der Waals surface area contributed by atoms with Gasteiger partial charge in [-0.25, -0.2) is 4.98 Å². The number of halogens is 2. The van der Waals surface area contributed by atoms with E-state index in [9.17, 15) is 0 Å². The van der Waals surface area contributed by atoms with Gasteiger partial charge in [-0.05, 0) is 19.3 Å². The molecule has 0 saturated carbocycles. The zero-order valence-corrected chi connectivity index (χ0v) is 12.5. The van der Waals surface area contributed by atoms with Crippen molar-refractivity contribution in [2.24, 2.45) is 5.92 Å². The van der Waals surface area contributed by atoms with Gasteiger partial charge in [0.05, 0.1) is 10.8 Å². The highest BCUT2D eigenvalue weighted by Crippen LogP contribution is 2.31. The molecule has 92 valence electrons. The molecule has 0 saturated heterocycles. The second-order valence-electron chi connectivity index (χ2n) is 4.43. The van der Waals surface area contributed by atoms with Crippen molar-refractivity contribution >= 4 is 39.7 Å². The molecule has 16 heavy (non-hydrogen) atoms. The molecule has 1 unspecified atom stereocenters. The predicted molar refractivity (Wildman–Crippen MR) is 74.0 cm³/mol. The van der Waals surface area contributed by atoms with Crippen LogP contribution in [0.15, 0.2) is 0 Å². The highest BCUT2D eigenvalue weighted by molar-refractivity contribution is 7.16. The van der Waals surface area contributed by atoms with Crippen LogP contribution in [0.4, 0.5) is 5.13 Å². The number of rotatable bonds is 5. The zero-order chi connectivity index (χ0) is 12.3. The minimum Gasteiger partial charge on any atom is -0.348 e. The molecular formula is C11H18Cl2N2S. The molecule has 0 aliphatic heterocycles. The molecule has 2 nitrogen and oxygen atoms in total. The van der Waals surface area contributed by atoms with Gasteiger partial charge in [-0.2, -0.15) is 0 Å². The summed E-state index contributed by atoms with van der Waals surface area (Å²) in [5.74, 6) is 1.11. The Balaban J connectivity index is 2.75. The van der Waals surface area contributed by atoms with Gasteiger partial charge in [-0.15, -0.1) is 11.6 Å². The fourth-order valence-electron chi connectivity index (χ4n) is 1.58. The maximum absolute atomic E-state index is 5.99. The van der Waals surface area contributed by atoms with E-state index in [1.807, 2.05) is 0 Å². The number of hydrogen-bond acceptors (Lipinski definition) is 3. The lowest BCUT2D eigenvalue weighted by molar-refractivity contribution is 0.504. The van der Waals surface area contributed by atoms with Crippen LogP contribution in [0.2, 0.25) is 5.15 Å². The summed E-state index contributed by atoms with van der Waals surface area (Å²) in [6.07, 6.45) is 1.14. The van der Waals surface area contributed by atoms with E-state index >= 15 is 0 Å². The second-order valence-corrected chi connectivity index (χ2v) is 6.12. The molecule has 0 aliphatic carbocycles. The summed E-state index contributed by atoms with van der Waals surface area (Å²) in [5, 5.41) is 1.49. The summed E-state index contributed by atoms with van der Waals surface area (Å²) in [6.45, 7) is 6.66. The number of thiazole rings is 1. The minimum atomic E-state index is 0.433. The van der Waals surface area contributed by atoms with Crippen molar-refractivity contribution < 1.29 is 0 Å². The summed E-state index contributed by atoms with van der Waals surface area (Å²) in [7, 11) is 2.06. The van der Waals surface area contributed by atoms with E-state index in [2.05, 4.69) is 37.7 Å². The third kappa shape index (κ3) is 3.51. The Morgan fingerprint density at radius 2 is 2.00 bits per heavy atom. The summed E-state index contributed by atoms with van der Waals surface area (Å²) in [4.78, 5) is 7.45. The molecule has 0 spiro atoms. The van der Waals surface area contributed by atoms with Crippen LogP contribution in [-0.2, 0) is 5.88 Å². The molecule has 1 atom stereocenters. The summed E-state index contributed by atoms with van der Waals surface area (Å²) in [6, 6.07) is 0.463. The van der Waals surface area contributed by atoms with E-state index in [-0.39, 0.29) is 0 Å². The number of aromatic nitrogens is 1. The van der Waals surface area contributed by atoms with Crippen LogP contribution in [0.5, 0.6) is 0 Å². The molecule has 1 heterocycles. The van der Waals surface area contributed by atoms with E-state index in [4.69, 9.17) is 23.2 Å². The second kappa shape index (κ2) is 6.08. The van der Waals surface area contributed by atoms with Crippen LogP contribution in [0, 0.1) is 5.92 Å². The first-order chi connectivity index (χ1) is 7.45. The van der Waals surface area contributed by atoms with Gasteiger partial charge in [0.25, 0.3) is 0 Å². The van der Waals surface area contributed by atoms with Crippen molar-refractivity contribution in [3.05, 3.63) is 10.0 Å². The van der Waals surface area contributed by atoms with Crippen molar-refractivity contribution in [2.45, 2.75) is 39.1 Å². The van der Waals surface area contributed by atoms with Crippen LogP contribution < -0.4 is 4.90 Å². The fourth-order valence-corrected chi connectivity index (χ4v) is 3.12. The Morgan fingerprint density at radius 1 is 1.38 bits per heavy atom. The Kier molecular flexibility index (Phi) is 5.35. The van der Waals surface area contributed by atoms with Gasteiger partial charge in [0.2, 0.25) is 0 Å². The molecule has 0 N–H and O–H groups in total. The molecule has 0 aromatic carbocycles. The third-order valence-electron chi connectivity index (χ3n) is 2.54. The normalized spacial score (nSPS) is 13.2. The van der Waals surface area contributed by atoms with Crippen molar-refractivity contribution in [3.63, 3.8) is 0 Å². The molecule has 0 bridgehead atoms. The van der Waals surface area contributed by atoms with Gasteiger partial charge >= 0.3 is 0 Å². The van der Waals surface area contributed by atoms with Gasteiger partial charge in [0.15, 0.2) is 5.13 Å². The van der Waals surface area contributed by atoms with Gasteiger partial charge in [0.1, 0.15) is 5.15 Å². The first-order valence-corrected chi connectivity index (χ1v) is 7.12. The van der Waals surface area contributed by atoms with E-state index in [0.29, 0.717) is 23.0 Å². The molecule has 1 aromatic heterocycles. The summed E-state index contributed by atoms with van der Waals surface area (Å²) >= 11 is 13.3. The van der Waals surface area contributed by atoms with Crippen molar-refractivity contribution in [2.75, 3.05) is 11.9 Å². The van der Waals surface area contributed by atoms with Crippen LogP contribution in [0.3, 0.4) is 0 Å².